The van der Waals surface area contributed by atoms with Crippen molar-refractivity contribution in [1.29, 1.82) is 0 Å². The highest BCUT2D eigenvalue weighted by Crippen LogP contribution is 2.57. The molecule has 3 nitrogen and oxygen atoms in total. The quantitative estimate of drug-likeness (QED) is 0.163. The molecule has 0 atom stereocenters. The summed E-state index contributed by atoms with van der Waals surface area (Å²) in [7, 11) is 0. The molecule has 0 unspecified atom stereocenters. The van der Waals surface area contributed by atoms with Crippen LogP contribution in [0.15, 0.2) is 127 Å². The van der Waals surface area contributed by atoms with E-state index in [-0.39, 0.29) is 44.6 Å². The summed E-state index contributed by atoms with van der Waals surface area (Å²) in [5.41, 5.74) is 29.0. The number of hydrogen-bond donors (Lipinski definition) is 0. The summed E-state index contributed by atoms with van der Waals surface area (Å²) < 4.78 is 2.75. The lowest BCUT2D eigenvalue weighted by Gasteiger charge is -2.45. The summed E-state index contributed by atoms with van der Waals surface area (Å²) in [6.45, 7) is 45.4. The highest BCUT2D eigenvalue weighted by molar-refractivity contribution is 7.00. The monoisotopic (exact) mass is 1000 g/mol. The summed E-state index contributed by atoms with van der Waals surface area (Å²) in [6, 6.07) is 51.2. The lowest BCUT2D eigenvalue weighted by atomic mass is 9.33. The molecular weight excluding hydrogens is 918 g/mol. The van der Waals surface area contributed by atoms with Gasteiger partial charge in [-0.1, -0.05) is 197 Å². The fourth-order valence-corrected chi connectivity index (χ4v) is 13.9. The highest BCUT2D eigenvalue weighted by atomic mass is 15.2. The third kappa shape index (κ3) is 7.49. The minimum absolute atomic E-state index is 0.0103. The Labute approximate surface area is 456 Å². The van der Waals surface area contributed by atoms with Crippen molar-refractivity contribution in [3.63, 3.8) is 0 Å². The van der Waals surface area contributed by atoms with E-state index in [1.807, 2.05) is 0 Å². The smallest absolute Gasteiger partial charge is 0.252 e. The predicted molar refractivity (Wildman–Crippen MR) is 330 cm³/mol. The van der Waals surface area contributed by atoms with Gasteiger partial charge in [0.25, 0.3) is 6.71 Å². The molecule has 2 aliphatic carbocycles. The second kappa shape index (κ2) is 16.2. The Morgan fingerprint density at radius 1 is 0.461 bits per heavy atom. The van der Waals surface area contributed by atoms with Gasteiger partial charge in [-0.15, -0.1) is 0 Å². The van der Waals surface area contributed by atoms with Crippen LogP contribution < -0.4 is 26.2 Å². The number of rotatable bonds is 4. The van der Waals surface area contributed by atoms with Crippen molar-refractivity contribution in [2.24, 2.45) is 0 Å². The van der Waals surface area contributed by atoms with Crippen molar-refractivity contribution >= 4 is 68.1 Å². The Kier molecular flexibility index (Phi) is 10.7. The molecule has 0 N–H and O–H groups in total. The van der Waals surface area contributed by atoms with Crippen LogP contribution in [0.1, 0.15) is 188 Å². The van der Waals surface area contributed by atoms with Gasteiger partial charge in [-0.3, -0.25) is 0 Å². The lowest BCUT2D eigenvalue weighted by molar-refractivity contribution is 0.332. The van der Waals surface area contributed by atoms with E-state index in [1.54, 1.807) is 0 Å². The maximum atomic E-state index is 2.75. The predicted octanol–water partition coefficient (Wildman–Crippen LogP) is 17.9. The standard InChI is InChI=1S/C72H82BN3/c1-43-36-54-55(71(16,17)35-34-70(54,14)15)42-58(43)75-59-39-46(68(8,9)10)28-33-56(59)73-57-38-47(69(11,12)13)37-52-62-65(51-22-20-21-23-53(51)72(62,18)19)76(64(52)57)61-41-50(40-60(75)63(61)73)74(48-29-24-44(25-30-48)66(2,3)4)49-31-26-45(27-32-49)67(5,6)7/h20-33,36-42H,34-35H2,1-19H3. The number of benzene rings is 7. The second-order valence-corrected chi connectivity index (χ2v) is 29.5. The van der Waals surface area contributed by atoms with Gasteiger partial charge in [-0.05, 0) is 173 Å². The molecule has 1 aromatic heterocycles. The van der Waals surface area contributed by atoms with Crippen molar-refractivity contribution in [3.05, 3.63) is 177 Å². The lowest BCUT2D eigenvalue weighted by Crippen LogP contribution is -2.60. The molecule has 0 spiro atoms. The number of aromatic nitrogens is 1. The third-order valence-electron chi connectivity index (χ3n) is 18.7. The van der Waals surface area contributed by atoms with E-state index < -0.39 is 0 Å². The van der Waals surface area contributed by atoms with Crippen LogP contribution in [-0.2, 0) is 37.9 Å². The van der Waals surface area contributed by atoms with E-state index in [4.69, 9.17) is 0 Å². The Balaban J connectivity index is 1.27. The molecule has 76 heavy (non-hydrogen) atoms. The number of aryl methyl sites for hydroxylation is 1. The molecule has 3 heterocycles. The maximum absolute atomic E-state index is 2.75. The van der Waals surface area contributed by atoms with Gasteiger partial charge in [-0.2, -0.15) is 0 Å². The normalized spacial score (nSPS) is 16.8. The largest absolute Gasteiger partial charge is 0.311 e. The molecule has 8 aromatic rings. The zero-order valence-corrected chi connectivity index (χ0v) is 49.5. The van der Waals surface area contributed by atoms with Crippen molar-refractivity contribution in [3.8, 4) is 16.9 Å². The second-order valence-electron chi connectivity index (χ2n) is 29.5. The average Bonchev–Trinajstić information content (AvgIpc) is 3.81. The van der Waals surface area contributed by atoms with Crippen LogP contribution in [-0.4, -0.2) is 11.3 Å². The molecular formula is C72H82BN3. The highest BCUT2D eigenvalue weighted by Gasteiger charge is 2.49. The molecule has 0 saturated heterocycles. The first-order valence-corrected chi connectivity index (χ1v) is 28.5. The zero-order chi connectivity index (χ0) is 54.4. The van der Waals surface area contributed by atoms with Gasteiger partial charge in [-0.25, -0.2) is 0 Å². The molecule has 0 fully saturated rings. The van der Waals surface area contributed by atoms with Gasteiger partial charge in [0.15, 0.2) is 0 Å². The fraction of sp³-hybridized carbons (Fsp3) is 0.389. The maximum Gasteiger partial charge on any atom is 0.252 e. The van der Waals surface area contributed by atoms with Gasteiger partial charge in [0.05, 0.1) is 11.4 Å². The Morgan fingerprint density at radius 2 is 0.987 bits per heavy atom. The molecule has 7 aromatic carbocycles. The molecule has 388 valence electrons. The van der Waals surface area contributed by atoms with E-state index in [9.17, 15) is 0 Å². The summed E-state index contributed by atoms with van der Waals surface area (Å²) in [5, 5.41) is 1.38. The average molecular weight is 1000 g/mol. The van der Waals surface area contributed by atoms with Gasteiger partial charge in [0.2, 0.25) is 0 Å². The SMILES string of the molecule is Cc1cc2c(cc1N1c3cc(C(C)(C)C)ccc3B3c4c1cc(N(c1ccc(C(C)(C)C)cc1)c1ccc(C(C)(C)C)cc1)cc4-n1c4c(c5cc(C(C)(C)C)cc3c51)C(C)(C)c1ccccc1-4)C(C)(C)CCC2(C)C. The van der Waals surface area contributed by atoms with Gasteiger partial charge >= 0.3 is 0 Å². The van der Waals surface area contributed by atoms with Crippen LogP contribution in [0.4, 0.5) is 34.1 Å². The topological polar surface area (TPSA) is 11.4 Å². The minimum atomic E-state index is -0.216. The zero-order valence-electron chi connectivity index (χ0n) is 49.5. The first kappa shape index (κ1) is 50.6. The minimum Gasteiger partial charge on any atom is -0.311 e. The van der Waals surface area contributed by atoms with E-state index in [0.717, 1.165) is 23.5 Å². The summed E-state index contributed by atoms with van der Waals surface area (Å²) >= 11 is 0. The van der Waals surface area contributed by atoms with Crippen molar-refractivity contribution in [2.75, 3.05) is 9.80 Å². The van der Waals surface area contributed by atoms with E-state index in [2.05, 4.69) is 273 Å². The molecule has 0 saturated carbocycles. The van der Waals surface area contributed by atoms with E-state index >= 15 is 0 Å². The summed E-state index contributed by atoms with van der Waals surface area (Å²) in [4.78, 5) is 5.28. The van der Waals surface area contributed by atoms with Crippen LogP contribution >= 0.6 is 0 Å². The number of anilines is 6. The Bertz CT molecular complexity index is 3660. The molecule has 2 aliphatic heterocycles. The van der Waals surface area contributed by atoms with Crippen molar-refractivity contribution in [1.82, 2.24) is 4.57 Å². The number of hydrogen-bond acceptors (Lipinski definition) is 2. The van der Waals surface area contributed by atoms with Gasteiger partial charge in [0, 0.05) is 56.0 Å². The molecule has 12 rings (SSSR count). The van der Waals surface area contributed by atoms with E-state index in [0.29, 0.717) is 0 Å². The summed E-state index contributed by atoms with van der Waals surface area (Å²) in [6.07, 6.45) is 2.34. The van der Waals surface area contributed by atoms with Crippen molar-refractivity contribution in [2.45, 2.75) is 182 Å². The Morgan fingerprint density at radius 3 is 1.55 bits per heavy atom. The molecule has 0 amide bonds. The van der Waals surface area contributed by atoms with E-state index in [1.165, 1.54) is 118 Å². The van der Waals surface area contributed by atoms with Gasteiger partial charge in [0.1, 0.15) is 0 Å². The molecule has 0 radical (unpaired) electrons. The molecule has 4 heteroatoms. The van der Waals surface area contributed by atoms with Crippen molar-refractivity contribution < 1.29 is 0 Å². The van der Waals surface area contributed by atoms with Crippen LogP contribution in [0, 0.1) is 6.92 Å². The molecule has 0 bridgehead atoms. The third-order valence-corrected chi connectivity index (χ3v) is 18.7. The summed E-state index contributed by atoms with van der Waals surface area (Å²) in [5.74, 6) is 0. The Hall–Kier alpha value is -6.26. The van der Waals surface area contributed by atoms with Crippen LogP contribution in [0.2, 0.25) is 0 Å². The first-order chi connectivity index (χ1) is 35.4. The fourth-order valence-electron chi connectivity index (χ4n) is 13.9. The van der Waals surface area contributed by atoms with Gasteiger partial charge < -0.3 is 14.4 Å². The van der Waals surface area contributed by atoms with Crippen LogP contribution in [0.3, 0.4) is 0 Å². The first-order valence-electron chi connectivity index (χ1n) is 28.5. The number of nitrogens with zero attached hydrogens (tertiary/aromatic N) is 3. The number of fused-ring (bicyclic) bond motifs is 10. The molecule has 4 aliphatic rings. The van der Waals surface area contributed by atoms with Crippen LogP contribution in [0.5, 0.6) is 0 Å². The van der Waals surface area contributed by atoms with Crippen LogP contribution in [0.25, 0.3) is 27.8 Å².